The minimum Gasteiger partial charge on any atom is -0.497 e. The molecule has 1 N–H and O–H groups in total. The van der Waals surface area contributed by atoms with Crippen LogP contribution in [0.5, 0.6) is 11.5 Å². The number of benzene rings is 2. The van der Waals surface area contributed by atoms with E-state index in [4.69, 9.17) is 9.47 Å². The minimum atomic E-state index is -0.440. The van der Waals surface area contributed by atoms with Crippen LogP contribution in [-0.2, 0) is 11.3 Å². The van der Waals surface area contributed by atoms with Crippen LogP contribution in [0.3, 0.4) is 0 Å². The molecule has 0 aliphatic rings. The Morgan fingerprint density at radius 2 is 1.84 bits per heavy atom. The lowest BCUT2D eigenvalue weighted by atomic mass is 10.1. The van der Waals surface area contributed by atoms with Crippen molar-refractivity contribution in [1.82, 2.24) is 9.88 Å². The number of nitriles is 1. The predicted molar refractivity (Wildman–Crippen MR) is 133 cm³/mol. The molecule has 3 aromatic rings. The Morgan fingerprint density at radius 1 is 1.12 bits per heavy atom. The van der Waals surface area contributed by atoms with Crippen LogP contribution < -0.4 is 14.8 Å². The van der Waals surface area contributed by atoms with Crippen LogP contribution in [-0.4, -0.2) is 24.7 Å². The molecule has 6 nitrogen and oxygen atoms in total. The smallest absolute Gasteiger partial charge is 0.262 e. The fourth-order valence-corrected chi connectivity index (χ4v) is 3.85. The van der Waals surface area contributed by atoms with Gasteiger partial charge in [-0.25, -0.2) is 0 Å². The quantitative estimate of drug-likeness (QED) is 0.261. The number of aryl methyl sites for hydroxylation is 1. The van der Waals surface area contributed by atoms with Crippen molar-refractivity contribution in [3.8, 4) is 23.3 Å². The molecule has 0 aliphatic heterocycles. The number of aromatic nitrogens is 1. The molecule has 0 aliphatic carbocycles. The summed E-state index contributed by atoms with van der Waals surface area (Å²) in [6, 6.07) is 17.6. The summed E-state index contributed by atoms with van der Waals surface area (Å²) >= 11 is 2.27. The number of nitrogens with zero attached hydrogens (tertiary/aromatic N) is 2. The summed E-state index contributed by atoms with van der Waals surface area (Å²) in [5.74, 6) is 0.829. The first-order valence-electron chi connectivity index (χ1n) is 9.93. The lowest BCUT2D eigenvalue weighted by molar-refractivity contribution is -0.117. The number of amides is 1. The molecule has 1 aromatic heterocycles. The second-order valence-electron chi connectivity index (χ2n) is 7.17. The van der Waals surface area contributed by atoms with Gasteiger partial charge in [-0.3, -0.25) is 4.79 Å². The van der Waals surface area contributed by atoms with E-state index < -0.39 is 5.91 Å². The lowest BCUT2D eigenvalue weighted by Crippen LogP contribution is -2.24. The molecule has 0 spiro atoms. The Hall–Kier alpha value is -3.25. The fraction of sp³-hybridized carbons (Fsp3) is 0.200. The average Bonchev–Trinajstić information content (AvgIpc) is 3.08. The van der Waals surface area contributed by atoms with Crippen LogP contribution in [0.25, 0.3) is 11.8 Å². The van der Waals surface area contributed by atoms with Gasteiger partial charge in [0.2, 0.25) is 0 Å². The van der Waals surface area contributed by atoms with E-state index in [9.17, 15) is 10.1 Å². The van der Waals surface area contributed by atoms with Crippen LogP contribution in [0.15, 0.2) is 54.1 Å². The standard InChI is InChI=1S/C25H24IN3O3/c1-16-11-19(17(2)29(16)22-8-6-21(26)7-9-22)12-20(14-27)25(30)28-15-18-5-10-23(31-3)13-24(18)32-4/h5-13H,15H2,1-4H3,(H,28,30)/b20-12+. The zero-order valence-electron chi connectivity index (χ0n) is 18.4. The van der Waals surface area contributed by atoms with Crippen LogP contribution in [0.2, 0.25) is 0 Å². The number of hydrogen-bond acceptors (Lipinski definition) is 4. The van der Waals surface area contributed by atoms with Crippen LogP contribution in [0, 0.1) is 28.7 Å². The number of halogens is 1. The molecule has 0 saturated heterocycles. The maximum Gasteiger partial charge on any atom is 0.262 e. The van der Waals surface area contributed by atoms with Crippen molar-refractivity contribution in [3.05, 3.63) is 80.2 Å². The Morgan fingerprint density at radius 3 is 2.47 bits per heavy atom. The summed E-state index contributed by atoms with van der Waals surface area (Å²) in [5, 5.41) is 12.4. The molecule has 164 valence electrons. The first-order valence-corrected chi connectivity index (χ1v) is 11.0. The van der Waals surface area contributed by atoms with E-state index in [0.717, 1.165) is 31.8 Å². The maximum absolute atomic E-state index is 12.7. The highest BCUT2D eigenvalue weighted by Crippen LogP contribution is 2.25. The molecular weight excluding hydrogens is 517 g/mol. The Labute approximate surface area is 201 Å². The summed E-state index contributed by atoms with van der Waals surface area (Å²) in [5.41, 5.74) is 4.68. The van der Waals surface area contributed by atoms with Crippen LogP contribution in [0.1, 0.15) is 22.5 Å². The van der Waals surface area contributed by atoms with Gasteiger partial charge in [0, 0.05) is 38.8 Å². The van der Waals surface area contributed by atoms with Gasteiger partial charge < -0.3 is 19.4 Å². The number of carbonyl (C=O) groups is 1. The van der Waals surface area contributed by atoms with E-state index in [2.05, 4.69) is 44.6 Å². The molecule has 7 heteroatoms. The van der Waals surface area contributed by atoms with Crippen molar-refractivity contribution < 1.29 is 14.3 Å². The van der Waals surface area contributed by atoms with E-state index in [1.165, 1.54) is 0 Å². The second-order valence-corrected chi connectivity index (χ2v) is 8.41. The van der Waals surface area contributed by atoms with Gasteiger partial charge in [-0.15, -0.1) is 0 Å². The largest absolute Gasteiger partial charge is 0.497 e. The number of rotatable bonds is 7. The van der Waals surface area contributed by atoms with E-state index >= 15 is 0 Å². The molecule has 1 heterocycles. The summed E-state index contributed by atoms with van der Waals surface area (Å²) in [4.78, 5) is 12.7. The summed E-state index contributed by atoms with van der Waals surface area (Å²) in [7, 11) is 3.14. The van der Waals surface area contributed by atoms with E-state index in [0.29, 0.717) is 11.5 Å². The van der Waals surface area contributed by atoms with Crippen LogP contribution in [0.4, 0.5) is 0 Å². The van der Waals surface area contributed by atoms with E-state index in [-0.39, 0.29) is 12.1 Å². The van der Waals surface area contributed by atoms with Crippen molar-refractivity contribution in [2.45, 2.75) is 20.4 Å². The third-order valence-electron chi connectivity index (χ3n) is 5.15. The van der Waals surface area contributed by atoms with E-state index in [1.807, 2.05) is 44.2 Å². The zero-order chi connectivity index (χ0) is 23.3. The molecular formula is C25H24IN3O3. The van der Waals surface area contributed by atoms with Gasteiger partial charge in [0.05, 0.1) is 14.2 Å². The topological polar surface area (TPSA) is 76.3 Å². The van der Waals surface area contributed by atoms with Crippen molar-refractivity contribution in [2.75, 3.05) is 14.2 Å². The maximum atomic E-state index is 12.7. The van der Waals surface area contributed by atoms with Gasteiger partial charge in [0.1, 0.15) is 23.1 Å². The Balaban J connectivity index is 1.82. The van der Waals surface area contributed by atoms with Gasteiger partial charge in [0.25, 0.3) is 5.91 Å². The zero-order valence-corrected chi connectivity index (χ0v) is 20.6. The highest BCUT2D eigenvalue weighted by atomic mass is 127. The molecule has 1 amide bonds. The molecule has 0 fully saturated rings. The third kappa shape index (κ3) is 5.14. The molecule has 2 aromatic carbocycles. The van der Waals surface area contributed by atoms with Gasteiger partial charge in [0.15, 0.2) is 0 Å². The van der Waals surface area contributed by atoms with Crippen molar-refractivity contribution >= 4 is 34.6 Å². The molecule has 32 heavy (non-hydrogen) atoms. The summed E-state index contributed by atoms with van der Waals surface area (Å²) < 4.78 is 13.8. The molecule has 0 radical (unpaired) electrons. The summed E-state index contributed by atoms with van der Waals surface area (Å²) in [6.07, 6.45) is 1.63. The number of carbonyl (C=O) groups excluding carboxylic acids is 1. The SMILES string of the molecule is COc1ccc(CNC(=O)/C(C#N)=C/c2cc(C)n(-c3ccc(I)cc3)c2C)c(OC)c1. The lowest BCUT2D eigenvalue weighted by Gasteiger charge is -2.11. The first kappa shape index (κ1) is 23.4. The van der Waals surface area contributed by atoms with Crippen molar-refractivity contribution in [3.63, 3.8) is 0 Å². The highest BCUT2D eigenvalue weighted by Gasteiger charge is 2.15. The van der Waals surface area contributed by atoms with Crippen molar-refractivity contribution in [1.29, 1.82) is 5.26 Å². The molecule has 0 saturated carbocycles. The summed E-state index contributed by atoms with van der Waals surface area (Å²) in [6.45, 7) is 4.21. The van der Waals surface area contributed by atoms with Gasteiger partial charge in [-0.2, -0.15) is 5.26 Å². The Bertz CT molecular complexity index is 1200. The number of ether oxygens (including phenoxy) is 2. The molecule has 0 bridgehead atoms. The fourth-order valence-electron chi connectivity index (χ4n) is 3.49. The van der Waals surface area contributed by atoms with Crippen LogP contribution >= 0.6 is 22.6 Å². The van der Waals surface area contributed by atoms with E-state index in [1.54, 1.807) is 32.4 Å². The normalized spacial score (nSPS) is 11.1. The first-order chi connectivity index (χ1) is 15.4. The van der Waals surface area contributed by atoms with Gasteiger partial charge in [-0.05, 0) is 90.5 Å². The number of methoxy groups -OCH3 is 2. The molecule has 3 rings (SSSR count). The number of nitrogens with one attached hydrogen (secondary N) is 1. The number of hydrogen-bond donors (Lipinski definition) is 1. The molecule has 0 unspecified atom stereocenters. The molecule has 0 atom stereocenters. The Kier molecular flexibility index (Phi) is 7.59. The minimum absolute atomic E-state index is 0.0420. The second kappa shape index (κ2) is 10.4. The van der Waals surface area contributed by atoms with Crippen molar-refractivity contribution in [2.24, 2.45) is 0 Å². The third-order valence-corrected chi connectivity index (χ3v) is 5.87. The van der Waals surface area contributed by atoms with Gasteiger partial charge >= 0.3 is 0 Å². The highest BCUT2D eigenvalue weighted by molar-refractivity contribution is 14.1. The monoisotopic (exact) mass is 541 g/mol. The van der Waals surface area contributed by atoms with Gasteiger partial charge in [-0.1, -0.05) is 0 Å². The predicted octanol–water partition coefficient (Wildman–Crippen LogP) is 4.94. The average molecular weight is 541 g/mol.